The van der Waals surface area contributed by atoms with Gasteiger partial charge in [-0.25, -0.2) is 0 Å². The molecular weight excluding hydrogens is 202 g/mol. The third-order valence-electron chi connectivity index (χ3n) is 3.29. The summed E-state index contributed by atoms with van der Waals surface area (Å²) < 4.78 is 5.50. The van der Waals surface area contributed by atoms with Crippen LogP contribution in [0.4, 0.5) is 6.01 Å². The normalized spacial score (nSPS) is 20.1. The van der Waals surface area contributed by atoms with Crippen LogP contribution in [-0.2, 0) is 6.54 Å². The maximum atomic E-state index is 5.50. The number of rotatable bonds is 3. The third-order valence-corrected chi connectivity index (χ3v) is 3.29. The van der Waals surface area contributed by atoms with Crippen LogP contribution in [-0.4, -0.2) is 25.1 Å². The molecule has 1 aliphatic heterocycles. The number of hydrogen-bond donors (Lipinski definition) is 1. The Hall–Kier alpha value is -1.03. The van der Waals surface area contributed by atoms with Crippen molar-refractivity contribution in [1.29, 1.82) is 0 Å². The molecule has 1 fully saturated rings. The highest BCUT2D eigenvalue weighted by molar-refractivity contribution is 5.28. The molecule has 0 atom stereocenters. The van der Waals surface area contributed by atoms with E-state index in [0.29, 0.717) is 5.41 Å². The third kappa shape index (κ3) is 2.55. The minimum absolute atomic E-state index is 0.469. The predicted molar refractivity (Wildman–Crippen MR) is 64.5 cm³/mol. The first-order chi connectivity index (χ1) is 7.61. The molecule has 1 aromatic heterocycles. The van der Waals surface area contributed by atoms with E-state index in [4.69, 9.17) is 4.42 Å². The first-order valence-electron chi connectivity index (χ1n) is 5.95. The maximum absolute atomic E-state index is 5.50. The Morgan fingerprint density at radius 2 is 2.12 bits per heavy atom. The van der Waals surface area contributed by atoms with Crippen LogP contribution in [0.25, 0.3) is 0 Å². The fourth-order valence-corrected chi connectivity index (χ4v) is 2.01. The zero-order valence-electron chi connectivity index (χ0n) is 10.4. The second kappa shape index (κ2) is 4.45. The van der Waals surface area contributed by atoms with E-state index < -0.39 is 0 Å². The lowest BCUT2D eigenvalue weighted by molar-refractivity contribution is 0.273. The van der Waals surface area contributed by atoms with Crippen LogP contribution < -0.4 is 10.2 Å². The van der Waals surface area contributed by atoms with Gasteiger partial charge in [-0.05, 0) is 25.3 Å². The van der Waals surface area contributed by atoms with Crippen LogP contribution in [0.1, 0.15) is 32.4 Å². The van der Waals surface area contributed by atoms with Crippen molar-refractivity contribution >= 4 is 6.01 Å². The van der Waals surface area contributed by atoms with E-state index in [1.807, 2.05) is 7.05 Å². The van der Waals surface area contributed by atoms with Gasteiger partial charge in [-0.1, -0.05) is 13.8 Å². The summed E-state index contributed by atoms with van der Waals surface area (Å²) in [7, 11) is 1.91. The van der Waals surface area contributed by atoms with Gasteiger partial charge in [0, 0.05) is 19.6 Å². The topological polar surface area (TPSA) is 41.3 Å². The molecule has 0 radical (unpaired) electrons. The van der Waals surface area contributed by atoms with Gasteiger partial charge in [0.2, 0.25) is 0 Å². The fraction of sp³-hybridized carbons (Fsp3) is 0.750. The first-order valence-corrected chi connectivity index (χ1v) is 5.95. The molecule has 0 amide bonds. The SMILES string of the molecule is CNCc1coc(N2CCC(C)(C)CC2)n1. The van der Waals surface area contributed by atoms with E-state index in [9.17, 15) is 0 Å². The van der Waals surface area contributed by atoms with Gasteiger partial charge < -0.3 is 14.6 Å². The fourth-order valence-electron chi connectivity index (χ4n) is 2.01. The highest BCUT2D eigenvalue weighted by atomic mass is 16.4. The van der Waals surface area contributed by atoms with Gasteiger partial charge in [0.1, 0.15) is 6.26 Å². The standard InChI is InChI=1S/C12H21N3O/c1-12(2)4-6-15(7-5-12)11-14-10(8-13-3)9-16-11/h9,13H,4-8H2,1-3H3. The lowest BCUT2D eigenvalue weighted by Gasteiger charge is -2.35. The number of hydrogen-bond acceptors (Lipinski definition) is 4. The molecule has 0 spiro atoms. The molecule has 0 aliphatic carbocycles. The van der Waals surface area contributed by atoms with E-state index in [1.165, 1.54) is 12.8 Å². The van der Waals surface area contributed by atoms with Crippen LogP contribution >= 0.6 is 0 Å². The average molecular weight is 223 g/mol. The van der Waals surface area contributed by atoms with Crippen molar-refractivity contribution in [3.8, 4) is 0 Å². The Bertz CT molecular complexity index is 336. The van der Waals surface area contributed by atoms with Gasteiger partial charge in [0.05, 0.1) is 5.69 Å². The minimum Gasteiger partial charge on any atom is -0.432 e. The van der Waals surface area contributed by atoms with Gasteiger partial charge in [0.15, 0.2) is 0 Å². The molecule has 1 saturated heterocycles. The Morgan fingerprint density at radius 3 is 2.75 bits per heavy atom. The number of nitrogens with one attached hydrogen (secondary N) is 1. The van der Waals surface area contributed by atoms with E-state index in [1.54, 1.807) is 6.26 Å². The van der Waals surface area contributed by atoms with Crippen molar-refractivity contribution in [2.45, 2.75) is 33.2 Å². The number of piperidine rings is 1. The van der Waals surface area contributed by atoms with Crippen LogP contribution in [0.15, 0.2) is 10.7 Å². The van der Waals surface area contributed by atoms with Crippen molar-refractivity contribution in [3.05, 3.63) is 12.0 Å². The second-order valence-electron chi connectivity index (χ2n) is 5.30. The zero-order chi connectivity index (χ0) is 11.6. The van der Waals surface area contributed by atoms with Gasteiger partial charge in [-0.2, -0.15) is 4.98 Å². The summed E-state index contributed by atoms with van der Waals surface area (Å²) in [5, 5.41) is 3.07. The van der Waals surface area contributed by atoms with Crippen molar-refractivity contribution < 1.29 is 4.42 Å². The maximum Gasteiger partial charge on any atom is 0.297 e. The smallest absolute Gasteiger partial charge is 0.297 e. The molecule has 4 nitrogen and oxygen atoms in total. The Kier molecular flexibility index (Phi) is 3.19. The molecule has 1 N–H and O–H groups in total. The summed E-state index contributed by atoms with van der Waals surface area (Å²) in [5.41, 5.74) is 1.44. The van der Waals surface area contributed by atoms with Crippen molar-refractivity contribution in [2.75, 3.05) is 25.0 Å². The van der Waals surface area contributed by atoms with Gasteiger partial charge >= 0.3 is 0 Å². The molecule has 2 rings (SSSR count). The molecule has 1 aliphatic rings. The number of oxazole rings is 1. The van der Waals surface area contributed by atoms with Crippen molar-refractivity contribution in [1.82, 2.24) is 10.3 Å². The highest BCUT2D eigenvalue weighted by Gasteiger charge is 2.27. The summed E-state index contributed by atoms with van der Waals surface area (Å²) in [6.07, 6.45) is 4.15. The highest BCUT2D eigenvalue weighted by Crippen LogP contribution is 2.31. The predicted octanol–water partition coefficient (Wildman–Crippen LogP) is 2.02. The van der Waals surface area contributed by atoms with E-state index in [0.717, 1.165) is 31.3 Å². The van der Waals surface area contributed by atoms with Crippen LogP contribution in [0.3, 0.4) is 0 Å². The Labute approximate surface area is 97.0 Å². The largest absolute Gasteiger partial charge is 0.432 e. The minimum atomic E-state index is 0.469. The lowest BCUT2D eigenvalue weighted by atomic mass is 9.83. The molecule has 0 aromatic carbocycles. The lowest BCUT2D eigenvalue weighted by Crippen LogP contribution is -2.37. The van der Waals surface area contributed by atoms with Crippen LogP contribution in [0.2, 0.25) is 0 Å². The number of aromatic nitrogens is 1. The molecule has 1 aromatic rings. The summed E-state index contributed by atoms with van der Waals surface area (Å²) in [5.74, 6) is 0. The monoisotopic (exact) mass is 223 g/mol. The summed E-state index contributed by atoms with van der Waals surface area (Å²) >= 11 is 0. The average Bonchev–Trinajstić information content (AvgIpc) is 2.67. The molecule has 2 heterocycles. The molecule has 0 bridgehead atoms. The molecule has 4 heteroatoms. The Balaban J connectivity index is 1.97. The molecule has 0 saturated carbocycles. The van der Waals surface area contributed by atoms with Crippen LogP contribution in [0, 0.1) is 5.41 Å². The molecular formula is C12H21N3O. The summed E-state index contributed by atoms with van der Waals surface area (Å²) in [6.45, 7) is 7.51. The zero-order valence-corrected chi connectivity index (χ0v) is 10.4. The summed E-state index contributed by atoms with van der Waals surface area (Å²) in [4.78, 5) is 6.71. The molecule has 16 heavy (non-hydrogen) atoms. The van der Waals surface area contributed by atoms with Gasteiger partial charge in [0.25, 0.3) is 6.01 Å². The van der Waals surface area contributed by atoms with Gasteiger partial charge in [-0.15, -0.1) is 0 Å². The quantitative estimate of drug-likeness (QED) is 0.851. The van der Waals surface area contributed by atoms with Crippen molar-refractivity contribution in [2.24, 2.45) is 5.41 Å². The number of anilines is 1. The van der Waals surface area contributed by atoms with E-state index in [2.05, 4.69) is 29.0 Å². The van der Waals surface area contributed by atoms with E-state index in [-0.39, 0.29) is 0 Å². The number of nitrogens with zero attached hydrogens (tertiary/aromatic N) is 2. The summed E-state index contributed by atoms with van der Waals surface area (Å²) in [6, 6.07) is 0.778. The van der Waals surface area contributed by atoms with Gasteiger partial charge in [-0.3, -0.25) is 0 Å². The Morgan fingerprint density at radius 1 is 1.44 bits per heavy atom. The van der Waals surface area contributed by atoms with Crippen molar-refractivity contribution in [3.63, 3.8) is 0 Å². The second-order valence-corrected chi connectivity index (χ2v) is 5.30. The van der Waals surface area contributed by atoms with Crippen LogP contribution in [0.5, 0.6) is 0 Å². The first kappa shape index (κ1) is 11.5. The molecule has 0 unspecified atom stereocenters. The molecule has 90 valence electrons. The van der Waals surface area contributed by atoms with E-state index >= 15 is 0 Å².